The summed E-state index contributed by atoms with van der Waals surface area (Å²) in [6.45, 7) is 1.04. The van der Waals surface area contributed by atoms with E-state index >= 15 is 0 Å². The monoisotopic (exact) mass is 386 g/mol. The van der Waals surface area contributed by atoms with Gasteiger partial charge in [-0.3, -0.25) is 9.59 Å². The van der Waals surface area contributed by atoms with Crippen LogP contribution in [0.15, 0.2) is 36.5 Å². The molecule has 6 nitrogen and oxygen atoms in total. The quantitative estimate of drug-likeness (QED) is 0.857. The zero-order chi connectivity index (χ0) is 18.8. The van der Waals surface area contributed by atoms with E-state index < -0.39 is 0 Å². The number of hydrogen-bond donors (Lipinski definition) is 1. The molecule has 2 aliphatic rings. The highest BCUT2D eigenvalue weighted by Gasteiger charge is 2.38. The Morgan fingerprint density at radius 3 is 2.85 bits per heavy atom. The summed E-state index contributed by atoms with van der Waals surface area (Å²) < 4.78 is 1.73. The first kappa shape index (κ1) is 18.0. The fourth-order valence-electron chi connectivity index (χ4n) is 4.08. The van der Waals surface area contributed by atoms with Gasteiger partial charge in [-0.2, -0.15) is 5.10 Å². The summed E-state index contributed by atoms with van der Waals surface area (Å²) in [5.41, 5.74) is 1.00. The number of likely N-dealkylation sites (tertiary alicyclic amines) is 1. The molecule has 2 fully saturated rings. The molecule has 2 heterocycles. The van der Waals surface area contributed by atoms with Gasteiger partial charge in [0.2, 0.25) is 11.8 Å². The highest BCUT2D eigenvalue weighted by Crippen LogP contribution is 2.30. The smallest absolute Gasteiger partial charge is 0.230 e. The summed E-state index contributed by atoms with van der Waals surface area (Å²) in [5, 5.41) is 7.91. The molecule has 1 aromatic carbocycles. The molecular formula is C20H23ClN4O2. The maximum Gasteiger partial charge on any atom is 0.230 e. The summed E-state index contributed by atoms with van der Waals surface area (Å²) in [5.74, 6) is 0.325. The van der Waals surface area contributed by atoms with Gasteiger partial charge in [0.25, 0.3) is 0 Å². The van der Waals surface area contributed by atoms with Crippen LogP contribution in [0.4, 0.5) is 5.82 Å². The first-order valence-corrected chi connectivity index (χ1v) is 9.84. The van der Waals surface area contributed by atoms with Crippen LogP contribution < -0.4 is 5.32 Å². The predicted molar refractivity (Wildman–Crippen MR) is 103 cm³/mol. The van der Waals surface area contributed by atoms with E-state index in [-0.39, 0.29) is 17.7 Å². The van der Waals surface area contributed by atoms with E-state index in [1.54, 1.807) is 16.9 Å². The second kappa shape index (κ2) is 7.72. The predicted octanol–water partition coefficient (Wildman–Crippen LogP) is 3.31. The maximum atomic E-state index is 12.7. The molecule has 1 aliphatic carbocycles. The van der Waals surface area contributed by atoms with E-state index in [0.29, 0.717) is 36.4 Å². The van der Waals surface area contributed by atoms with Crippen molar-refractivity contribution < 1.29 is 9.59 Å². The molecule has 4 rings (SSSR count). The van der Waals surface area contributed by atoms with Gasteiger partial charge in [0.05, 0.1) is 18.7 Å². The van der Waals surface area contributed by atoms with Crippen LogP contribution in [-0.4, -0.2) is 39.1 Å². The Hall–Kier alpha value is -2.34. The minimum absolute atomic E-state index is 0.106. The molecule has 1 N–H and O–H groups in total. The highest BCUT2D eigenvalue weighted by molar-refractivity contribution is 6.30. The zero-order valence-electron chi connectivity index (χ0n) is 15.1. The lowest BCUT2D eigenvalue weighted by molar-refractivity contribution is -0.129. The average molecular weight is 387 g/mol. The fourth-order valence-corrected chi connectivity index (χ4v) is 4.29. The Balaban J connectivity index is 1.40. The van der Waals surface area contributed by atoms with Gasteiger partial charge in [-0.25, -0.2) is 4.68 Å². The van der Waals surface area contributed by atoms with Crippen molar-refractivity contribution in [3.05, 3.63) is 47.1 Å². The highest BCUT2D eigenvalue weighted by atomic mass is 35.5. The minimum Gasteiger partial charge on any atom is -0.339 e. The van der Waals surface area contributed by atoms with E-state index in [4.69, 9.17) is 11.6 Å². The van der Waals surface area contributed by atoms with Crippen molar-refractivity contribution in [1.29, 1.82) is 0 Å². The number of halogens is 1. The number of carbonyl (C=O) groups excluding carboxylic acids is 2. The molecule has 0 radical (unpaired) electrons. The number of benzene rings is 1. The van der Waals surface area contributed by atoms with Crippen molar-refractivity contribution in [2.24, 2.45) is 5.92 Å². The topological polar surface area (TPSA) is 67.2 Å². The number of rotatable bonds is 5. The largest absolute Gasteiger partial charge is 0.339 e. The lowest BCUT2D eigenvalue weighted by atomic mass is 10.1. The van der Waals surface area contributed by atoms with Crippen molar-refractivity contribution in [2.75, 3.05) is 11.9 Å². The second-order valence-electron chi connectivity index (χ2n) is 7.38. The number of anilines is 1. The number of hydrogen-bond acceptors (Lipinski definition) is 3. The van der Waals surface area contributed by atoms with E-state index in [1.165, 1.54) is 12.8 Å². The van der Waals surface area contributed by atoms with Crippen LogP contribution >= 0.6 is 11.6 Å². The van der Waals surface area contributed by atoms with E-state index in [1.807, 2.05) is 29.2 Å². The molecule has 7 heteroatoms. The minimum atomic E-state index is -0.299. The third-order valence-corrected chi connectivity index (χ3v) is 5.72. The maximum absolute atomic E-state index is 12.7. The summed E-state index contributed by atoms with van der Waals surface area (Å²) in [7, 11) is 0. The van der Waals surface area contributed by atoms with Gasteiger partial charge < -0.3 is 10.2 Å². The molecule has 0 bridgehead atoms. The van der Waals surface area contributed by atoms with Crippen LogP contribution in [0.5, 0.6) is 0 Å². The Morgan fingerprint density at radius 1 is 1.26 bits per heavy atom. The van der Waals surface area contributed by atoms with E-state index in [0.717, 1.165) is 18.4 Å². The lowest BCUT2D eigenvalue weighted by Crippen LogP contribution is -2.35. The van der Waals surface area contributed by atoms with Gasteiger partial charge in [-0.15, -0.1) is 0 Å². The Morgan fingerprint density at radius 2 is 2.07 bits per heavy atom. The third kappa shape index (κ3) is 4.00. The average Bonchev–Trinajstić information content (AvgIpc) is 3.37. The van der Waals surface area contributed by atoms with Crippen molar-refractivity contribution in [2.45, 2.75) is 44.7 Å². The van der Waals surface area contributed by atoms with Crippen molar-refractivity contribution >= 4 is 29.2 Å². The van der Waals surface area contributed by atoms with Gasteiger partial charge in [0.15, 0.2) is 0 Å². The molecule has 1 saturated heterocycles. The molecule has 0 spiro atoms. The van der Waals surface area contributed by atoms with Crippen LogP contribution in [0.2, 0.25) is 5.02 Å². The van der Waals surface area contributed by atoms with Crippen LogP contribution in [0.25, 0.3) is 0 Å². The van der Waals surface area contributed by atoms with Crippen LogP contribution in [0.3, 0.4) is 0 Å². The lowest BCUT2D eigenvalue weighted by Gasteiger charge is -2.23. The van der Waals surface area contributed by atoms with E-state index in [9.17, 15) is 9.59 Å². The third-order valence-electron chi connectivity index (χ3n) is 5.48. The fraction of sp³-hybridized carbons (Fsp3) is 0.450. The Bertz CT molecular complexity index is 844. The molecule has 1 saturated carbocycles. The normalized spacial score (nSPS) is 20.4. The van der Waals surface area contributed by atoms with Crippen LogP contribution in [0, 0.1) is 5.92 Å². The molecule has 2 aromatic rings. The molecule has 1 aliphatic heterocycles. The number of aromatic nitrogens is 2. The van der Waals surface area contributed by atoms with Gasteiger partial charge in [-0.05, 0) is 30.5 Å². The molecule has 1 aromatic heterocycles. The molecule has 0 unspecified atom stereocenters. The molecule has 2 amide bonds. The standard InChI is InChI=1S/C20H23ClN4O2/c21-16-5-3-4-14(10-16)12-25-18(8-9-22-25)23-20(27)15-11-19(26)24(13-15)17-6-1-2-7-17/h3-5,8-10,15,17H,1-2,6-7,11-13H2,(H,23,27)/t15-/m1/s1. The van der Waals surface area contributed by atoms with Crippen molar-refractivity contribution in [3.8, 4) is 0 Å². The van der Waals surface area contributed by atoms with Crippen LogP contribution in [0.1, 0.15) is 37.7 Å². The molecule has 142 valence electrons. The van der Waals surface area contributed by atoms with E-state index in [2.05, 4.69) is 10.4 Å². The summed E-state index contributed by atoms with van der Waals surface area (Å²) >= 11 is 6.04. The summed E-state index contributed by atoms with van der Waals surface area (Å²) in [4.78, 5) is 27.0. The number of carbonyl (C=O) groups is 2. The Kier molecular flexibility index (Phi) is 5.16. The summed E-state index contributed by atoms with van der Waals surface area (Å²) in [6.07, 6.45) is 6.43. The second-order valence-corrected chi connectivity index (χ2v) is 7.82. The molecule has 27 heavy (non-hydrogen) atoms. The molecule has 1 atom stereocenters. The Labute approximate surface area is 163 Å². The first-order valence-electron chi connectivity index (χ1n) is 9.47. The van der Waals surface area contributed by atoms with Crippen molar-refractivity contribution in [1.82, 2.24) is 14.7 Å². The van der Waals surface area contributed by atoms with Crippen LogP contribution in [-0.2, 0) is 16.1 Å². The first-order chi connectivity index (χ1) is 13.1. The molecular weight excluding hydrogens is 364 g/mol. The number of nitrogens with zero attached hydrogens (tertiary/aromatic N) is 3. The zero-order valence-corrected chi connectivity index (χ0v) is 15.9. The van der Waals surface area contributed by atoms with Gasteiger partial charge in [0, 0.05) is 30.1 Å². The SMILES string of the molecule is O=C(Nc1ccnn1Cc1cccc(Cl)c1)[C@@H]1CC(=O)N(C2CCCC2)C1. The van der Waals surface area contributed by atoms with Gasteiger partial charge >= 0.3 is 0 Å². The van der Waals surface area contributed by atoms with Crippen molar-refractivity contribution in [3.63, 3.8) is 0 Å². The van der Waals surface area contributed by atoms with Gasteiger partial charge in [0.1, 0.15) is 5.82 Å². The number of nitrogens with one attached hydrogen (secondary N) is 1. The number of amides is 2. The van der Waals surface area contributed by atoms with Gasteiger partial charge in [-0.1, -0.05) is 36.6 Å². The summed E-state index contributed by atoms with van der Waals surface area (Å²) in [6, 6.07) is 9.65.